The summed E-state index contributed by atoms with van der Waals surface area (Å²) in [5, 5.41) is 0. The molecule has 0 unspecified atom stereocenters. The molecule has 0 bridgehead atoms. The number of piperazine rings is 1. The lowest BCUT2D eigenvalue weighted by Gasteiger charge is -2.36. The Hall–Kier alpha value is -3.09. The third-order valence-electron chi connectivity index (χ3n) is 4.93. The first-order valence-corrected chi connectivity index (χ1v) is 9.57. The SMILES string of the molecule is Cc1cccc(C)c1OCC(=O)OCC(=O)N1CCN(c2ccccc2F)CC1. The fourth-order valence-electron chi connectivity index (χ4n) is 3.34. The van der Waals surface area contributed by atoms with E-state index in [4.69, 9.17) is 9.47 Å². The molecule has 0 N–H and O–H groups in total. The number of carbonyl (C=O) groups excluding carboxylic acids is 2. The normalized spacial score (nSPS) is 13.9. The van der Waals surface area contributed by atoms with Gasteiger partial charge in [-0.25, -0.2) is 9.18 Å². The fraction of sp³-hybridized carbons (Fsp3) is 0.364. The summed E-state index contributed by atoms with van der Waals surface area (Å²) in [6.07, 6.45) is 0. The maximum absolute atomic E-state index is 13.9. The topological polar surface area (TPSA) is 59.1 Å². The van der Waals surface area contributed by atoms with Crippen LogP contribution in [-0.2, 0) is 14.3 Å². The second kappa shape index (κ2) is 9.41. The first-order valence-electron chi connectivity index (χ1n) is 9.57. The lowest BCUT2D eigenvalue weighted by atomic mass is 10.1. The van der Waals surface area contributed by atoms with Gasteiger partial charge in [-0.15, -0.1) is 0 Å². The Morgan fingerprint density at radius 3 is 2.24 bits per heavy atom. The molecular formula is C22H25FN2O4. The second-order valence-electron chi connectivity index (χ2n) is 6.99. The van der Waals surface area contributed by atoms with Crippen LogP contribution in [-0.4, -0.2) is 56.2 Å². The number of anilines is 1. The van der Waals surface area contributed by atoms with Gasteiger partial charge in [0, 0.05) is 26.2 Å². The van der Waals surface area contributed by atoms with Crippen molar-refractivity contribution in [1.29, 1.82) is 0 Å². The smallest absolute Gasteiger partial charge is 0.344 e. The summed E-state index contributed by atoms with van der Waals surface area (Å²) >= 11 is 0. The van der Waals surface area contributed by atoms with Crippen molar-refractivity contribution in [1.82, 2.24) is 4.90 Å². The molecule has 2 aromatic carbocycles. The minimum Gasteiger partial charge on any atom is -0.481 e. The Morgan fingerprint density at radius 1 is 0.931 bits per heavy atom. The van der Waals surface area contributed by atoms with E-state index in [1.165, 1.54) is 6.07 Å². The van der Waals surface area contributed by atoms with Crippen molar-refractivity contribution in [2.45, 2.75) is 13.8 Å². The molecule has 0 atom stereocenters. The van der Waals surface area contributed by atoms with Crippen LogP contribution in [0.15, 0.2) is 42.5 Å². The number of halogens is 1. The van der Waals surface area contributed by atoms with E-state index in [1.54, 1.807) is 23.1 Å². The molecule has 2 aromatic rings. The Balaban J connectivity index is 1.42. The molecule has 1 fully saturated rings. The highest BCUT2D eigenvalue weighted by Gasteiger charge is 2.23. The molecule has 7 heteroatoms. The predicted octanol–water partition coefficient (Wildman–Crippen LogP) is 2.71. The summed E-state index contributed by atoms with van der Waals surface area (Å²) in [4.78, 5) is 27.8. The van der Waals surface area contributed by atoms with Crippen molar-refractivity contribution in [3.63, 3.8) is 0 Å². The number of aryl methyl sites for hydroxylation is 2. The Kier molecular flexibility index (Phi) is 6.69. The molecule has 0 saturated carbocycles. The summed E-state index contributed by atoms with van der Waals surface area (Å²) in [6, 6.07) is 12.3. The van der Waals surface area contributed by atoms with Gasteiger partial charge in [0.1, 0.15) is 11.6 Å². The quantitative estimate of drug-likeness (QED) is 0.698. The van der Waals surface area contributed by atoms with Crippen LogP contribution in [0.2, 0.25) is 0 Å². The number of nitrogens with zero attached hydrogens (tertiary/aromatic N) is 2. The molecule has 0 aliphatic carbocycles. The van der Waals surface area contributed by atoms with Crippen molar-refractivity contribution in [3.05, 3.63) is 59.4 Å². The fourth-order valence-corrected chi connectivity index (χ4v) is 3.34. The zero-order valence-electron chi connectivity index (χ0n) is 16.7. The van der Waals surface area contributed by atoms with Crippen molar-refractivity contribution in [2.24, 2.45) is 0 Å². The minimum absolute atomic E-state index is 0.250. The molecule has 0 aromatic heterocycles. The average molecular weight is 400 g/mol. The molecule has 29 heavy (non-hydrogen) atoms. The van der Waals surface area contributed by atoms with Gasteiger partial charge >= 0.3 is 5.97 Å². The molecule has 1 heterocycles. The summed E-state index contributed by atoms with van der Waals surface area (Å²) < 4.78 is 24.5. The molecule has 3 rings (SSSR count). The number of esters is 1. The number of amides is 1. The van der Waals surface area contributed by atoms with Crippen LogP contribution in [0.3, 0.4) is 0 Å². The minimum atomic E-state index is -0.592. The van der Waals surface area contributed by atoms with Crippen molar-refractivity contribution >= 4 is 17.6 Å². The maximum Gasteiger partial charge on any atom is 0.344 e. The van der Waals surface area contributed by atoms with E-state index in [0.717, 1.165) is 11.1 Å². The van der Waals surface area contributed by atoms with E-state index in [9.17, 15) is 14.0 Å². The number of ether oxygens (including phenoxy) is 2. The van der Waals surface area contributed by atoms with Gasteiger partial charge in [-0.2, -0.15) is 0 Å². The van der Waals surface area contributed by atoms with E-state index in [-0.39, 0.29) is 24.9 Å². The Labute approximate surface area is 169 Å². The van der Waals surface area contributed by atoms with Crippen LogP contribution in [0, 0.1) is 19.7 Å². The van der Waals surface area contributed by atoms with Gasteiger partial charge in [0.05, 0.1) is 5.69 Å². The van der Waals surface area contributed by atoms with Crippen molar-refractivity contribution in [2.75, 3.05) is 44.3 Å². The molecule has 1 saturated heterocycles. The zero-order valence-corrected chi connectivity index (χ0v) is 16.7. The zero-order chi connectivity index (χ0) is 20.8. The molecule has 1 aliphatic heterocycles. The Bertz CT molecular complexity index is 859. The third-order valence-corrected chi connectivity index (χ3v) is 4.93. The molecule has 1 aliphatic rings. The van der Waals surface area contributed by atoms with Crippen LogP contribution < -0.4 is 9.64 Å². The standard InChI is InChI=1S/C22H25FN2O4/c1-16-6-5-7-17(2)22(16)29-15-21(27)28-14-20(26)25-12-10-24(11-13-25)19-9-4-3-8-18(19)23/h3-9H,10-15H2,1-2H3. The number of para-hydroxylation sites is 2. The molecule has 0 spiro atoms. The van der Waals surface area contributed by atoms with E-state index >= 15 is 0 Å². The van der Waals surface area contributed by atoms with Crippen LogP contribution >= 0.6 is 0 Å². The lowest BCUT2D eigenvalue weighted by molar-refractivity contribution is -0.153. The van der Waals surface area contributed by atoms with Crippen LogP contribution in [0.4, 0.5) is 10.1 Å². The van der Waals surface area contributed by atoms with Crippen LogP contribution in [0.5, 0.6) is 5.75 Å². The van der Waals surface area contributed by atoms with Gasteiger partial charge < -0.3 is 19.3 Å². The number of hydrogen-bond donors (Lipinski definition) is 0. The van der Waals surface area contributed by atoms with Gasteiger partial charge in [0.2, 0.25) is 0 Å². The second-order valence-corrected chi connectivity index (χ2v) is 6.99. The van der Waals surface area contributed by atoms with Crippen LogP contribution in [0.1, 0.15) is 11.1 Å². The molecular weight excluding hydrogens is 375 g/mol. The van der Waals surface area contributed by atoms with Crippen LogP contribution in [0.25, 0.3) is 0 Å². The van der Waals surface area contributed by atoms with Crippen molar-refractivity contribution < 1.29 is 23.5 Å². The summed E-state index contributed by atoms with van der Waals surface area (Å²) in [7, 11) is 0. The van der Waals surface area contributed by atoms with Gasteiger partial charge in [-0.3, -0.25) is 4.79 Å². The van der Waals surface area contributed by atoms with E-state index < -0.39 is 5.97 Å². The summed E-state index contributed by atoms with van der Waals surface area (Å²) in [5.41, 5.74) is 2.40. The first kappa shape index (κ1) is 20.6. The predicted molar refractivity (Wildman–Crippen MR) is 108 cm³/mol. The highest BCUT2D eigenvalue weighted by Crippen LogP contribution is 2.22. The first-order chi connectivity index (χ1) is 14.0. The molecule has 1 amide bonds. The van der Waals surface area contributed by atoms with Gasteiger partial charge in [0.15, 0.2) is 13.2 Å². The van der Waals surface area contributed by atoms with Gasteiger partial charge in [-0.05, 0) is 37.1 Å². The van der Waals surface area contributed by atoms with E-state index in [2.05, 4.69) is 0 Å². The highest BCUT2D eigenvalue weighted by atomic mass is 19.1. The number of rotatable bonds is 6. The average Bonchev–Trinajstić information content (AvgIpc) is 2.72. The van der Waals surface area contributed by atoms with Gasteiger partial charge in [0.25, 0.3) is 5.91 Å². The molecule has 6 nitrogen and oxygen atoms in total. The van der Waals surface area contributed by atoms with E-state index in [1.807, 2.05) is 36.9 Å². The Morgan fingerprint density at radius 2 is 1.59 bits per heavy atom. The maximum atomic E-state index is 13.9. The highest BCUT2D eigenvalue weighted by molar-refractivity contribution is 5.81. The summed E-state index contributed by atoms with van der Waals surface area (Å²) in [5.74, 6) is -0.477. The number of benzene rings is 2. The monoisotopic (exact) mass is 400 g/mol. The molecule has 0 radical (unpaired) electrons. The van der Waals surface area contributed by atoms with Gasteiger partial charge in [-0.1, -0.05) is 30.3 Å². The third kappa shape index (κ3) is 5.25. The number of hydrogen-bond acceptors (Lipinski definition) is 5. The van der Waals surface area contributed by atoms with Crippen molar-refractivity contribution in [3.8, 4) is 5.75 Å². The summed E-state index contributed by atoms with van der Waals surface area (Å²) in [6.45, 7) is 5.17. The number of carbonyl (C=O) groups is 2. The largest absolute Gasteiger partial charge is 0.481 e. The molecule has 154 valence electrons. The van der Waals surface area contributed by atoms with E-state index in [0.29, 0.717) is 37.6 Å². The lowest BCUT2D eigenvalue weighted by Crippen LogP contribution is -2.50.